The van der Waals surface area contributed by atoms with Gasteiger partial charge < -0.3 is 19.3 Å². The lowest BCUT2D eigenvalue weighted by atomic mass is 9.72. The maximum Gasteiger partial charge on any atom is 0.253 e. The number of halogens is 2. The molecular formula is C25H26F2N2O4. The number of benzene rings is 2. The minimum Gasteiger partial charge on any atom is -0.381 e. The normalized spacial score (nSPS) is 25.0. The Hall–Kier alpha value is -2.84. The van der Waals surface area contributed by atoms with Crippen molar-refractivity contribution in [1.29, 1.82) is 0 Å². The average molecular weight is 456 g/mol. The molecule has 2 amide bonds. The van der Waals surface area contributed by atoms with Gasteiger partial charge in [0, 0.05) is 31.0 Å². The van der Waals surface area contributed by atoms with E-state index in [2.05, 4.69) is 0 Å². The van der Waals surface area contributed by atoms with Crippen LogP contribution in [-0.2, 0) is 24.5 Å². The van der Waals surface area contributed by atoms with Crippen LogP contribution in [0.3, 0.4) is 0 Å². The SMILES string of the molecule is O=C1CO[C@]2(CCN(C(=O)C3(c4ccccc4F)CCOCC3)C2)CN1c1ccc(F)cc1. The lowest BCUT2D eigenvalue weighted by Crippen LogP contribution is -2.57. The fourth-order valence-electron chi connectivity index (χ4n) is 5.31. The van der Waals surface area contributed by atoms with Crippen molar-refractivity contribution in [3.8, 4) is 0 Å². The van der Waals surface area contributed by atoms with Crippen LogP contribution in [-0.4, -0.2) is 61.8 Å². The van der Waals surface area contributed by atoms with Crippen LogP contribution in [0.2, 0.25) is 0 Å². The molecular weight excluding hydrogens is 430 g/mol. The van der Waals surface area contributed by atoms with Crippen molar-refractivity contribution < 1.29 is 27.8 Å². The number of morpholine rings is 1. The van der Waals surface area contributed by atoms with Crippen LogP contribution in [0.15, 0.2) is 48.5 Å². The van der Waals surface area contributed by atoms with Gasteiger partial charge in [0.05, 0.1) is 18.5 Å². The third-order valence-electron chi connectivity index (χ3n) is 7.14. The molecule has 8 heteroatoms. The van der Waals surface area contributed by atoms with Crippen molar-refractivity contribution in [2.75, 3.05) is 44.4 Å². The van der Waals surface area contributed by atoms with E-state index in [0.29, 0.717) is 56.8 Å². The first-order valence-corrected chi connectivity index (χ1v) is 11.2. The van der Waals surface area contributed by atoms with Gasteiger partial charge in [-0.15, -0.1) is 0 Å². The zero-order valence-corrected chi connectivity index (χ0v) is 18.3. The Bertz CT molecular complexity index is 1050. The van der Waals surface area contributed by atoms with Gasteiger partial charge in [0.1, 0.15) is 23.8 Å². The molecule has 0 saturated carbocycles. The first kappa shape index (κ1) is 22.0. The third-order valence-corrected chi connectivity index (χ3v) is 7.14. The minimum absolute atomic E-state index is 0.105. The van der Waals surface area contributed by atoms with Crippen molar-refractivity contribution in [3.05, 3.63) is 65.7 Å². The van der Waals surface area contributed by atoms with E-state index in [1.54, 1.807) is 40.1 Å². The molecule has 174 valence electrons. The minimum atomic E-state index is -0.976. The van der Waals surface area contributed by atoms with Crippen LogP contribution in [0, 0.1) is 11.6 Å². The number of hydrogen-bond acceptors (Lipinski definition) is 4. The highest BCUT2D eigenvalue weighted by molar-refractivity contribution is 5.95. The Morgan fingerprint density at radius 1 is 0.939 bits per heavy atom. The monoisotopic (exact) mass is 456 g/mol. The van der Waals surface area contributed by atoms with Crippen LogP contribution < -0.4 is 4.90 Å². The molecule has 2 aromatic carbocycles. The zero-order chi connectivity index (χ0) is 23.1. The van der Waals surface area contributed by atoms with Crippen LogP contribution in [0.1, 0.15) is 24.8 Å². The third kappa shape index (κ3) is 3.91. The first-order valence-electron chi connectivity index (χ1n) is 11.2. The Morgan fingerprint density at radius 3 is 2.39 bits per heavy atom. The van der Waals surface area contributed by atoms with E-state index in [1.165, 1.54) is 18.2 Å². The molecule has 1 atom stereocenters. The summed E-state index contributed by atoms with van der Waals surface area (Å²) in [4.78, 5) is 29.7. The molecule has 3 saturated heterocycles. The smallest absolute Gasteiger partial charge is 0.253 e. The molecule has 6 nitrogen and oxygen atoms in total. The fourth-order valence-corrected chi connectivity index (χ4v) is 5.31. The lowest BCUT2D eigenvalue weighted by Gasteiger charge is -2.42. The first-order chi connectivity index (χ1) is 15.9. The van der Waals surface area contributed by atoms with Crippen molar-refractivity contribution in [2.24, 2.45) is 0 Å². The highest BCUT2D eigenvalue weighted by atomic mass is 19.1. The number of rotatable bonds is 3. The predicted octanol–water partition coefficient (Wildman–Crippen LogP) is 3.05. The van der Waals surface area contributed by atoms with Gasteiger partial charge in [-0.3, -0.25) is 9.59 Å². The highest BCUT2D eigenvalue weighted by Gasteiger charge is 2.52. The Balaban J connectivity index is 1.39. The van der Waals surface area contributed by atoms with Crippen molar-refractivity contribution in [1.82, 2.24) is 4.90 Å². The summed E-state index contributed by atoms with van der Waals surface area (Å²) in [5, 5.41) is 0. The highest BCUT2D eigenvalue weighted by Crippen LogP contribution is 2.41. The number of anilines is 1. The van der Waals surface area contributed by atoms with E-state index in [1.807, 2.05) is 0 Å². The van der Waals surface area contributed by atoms with Crippen LogP contribution in [0.5, 0.6) is 0 Å². The molecule has 3 aliphatic rings. The fraction of sp³-hybridized carbons (Fsp3) is 0.440. The van der Waals surface area contributed by atoms with Gasteiger partial charge in [-0.1, -0.05) is 18.2 Å². The number of nitrogens with zero attached hydrogens (tertiary/aromatic N) is 2. The van der Waals surface area contributed by atoms with Crippen LogP contribution >= 0.6 is 0 Å². The number of amides is 2. The van der Waals surface area contributed by atoms with Crippen molar-refractivity contribution in [3.63, 3.8) is 0 Å². The zero-order valence-electron chi connectivity index (χ0n) is 18.3. The number of ether oxygens (including phenoxy) is 2. The molecule has 0 N–H and O–H groups in total. The molecule has 1 spiro atoms. The van der Waals surface area contributed by atoms with E-state index in [9.17, 15) is 18.4 Å². The van der Waals surface area contributed by atoms with E-state index in [0.717, 1.165) is 0 Å². The van der Waals surface area contributed by atoms with Crippen molar-refractivity contribution in [2.45, 2.75) is 30.3 Å². The number of carbonyl (C=O) groups is 2. The van der Waals surface area contributed by atoms with Gasteiger partial charge in [0.2, 0.25) is 5.91 Å². The maximum atomic E-state index is 14.8. The molecule has 5 rings (SSSR count). The van der Waals surface area contributed by atoms with E-state index < -0.39 is 11.0 Å². The number of hydrogen-bond donors (Lipinski definition) is 0. The Labute approximate surface area is 191 Å². The molecule has 0 aromatic heterocycles. The van der Waals surface area contributed by atoms with Gasteiger partial charge in [0.15, 0.2) is 0 Å². The van der Waals surface area contributed by atoms with E-state index in [-0.39, 0.29) is 36.6 Å². The van der Waals surface area contributed by atoms with E-state index in [4.69, 9.17) is 9.47 Å². The molecule has 0 unspecified atom stereocenters. The molecule has 3 fully saturated rings. The summed E-state index contributed by atoms with van der Waals surface area (Å²) < 4.78 is 39.7. The second kappa shape index (κ2) is 8.50. The standard InChI is InChI=1S/C25H26F2N2O4/c26-18-5-7-19(8-6-18)29-17-24(33-15-22(29)30)9-12-28(16-24)23(31)25(10-13-32-14-11-25)20-3-1-2-4-21(20)27/h1-8H,9-17H2/t24-/m0/s1. The number of likely N-dealkylation sites (tertiary alicyclic amines) is 1. The maximum absolute atomic E-state index is 14.8. The summed E-state index contributed by atoms with van der Waals surface area (Å²) in [6.45, 7) is 1.72. The van der Waals surface area contributed by atoms with Crippen molar-refractivity contribution >= 4 is 17.5 Å². The largest absolute Gasteiger partial charge is 0.381 e. The molecule has 3 heterocycles. The average Bonchev–Trinajstić information content (AvgIpc) is 3.25. The number of carbonyl (C=O) groups excluding carboxylic acids is 2. The Kier molecular flexibility index (Phi) is 5.66. The van der Waals surface area contributed by atoms with Gasteiger partial charge >= 0.3 is 0 Å². The quantitative estimate of drug-likeness (QED) is 0.713. The summed E-state index contributed by atoms with van der Waals surface area (Å²) >= 11 is 0. The molecule has 0 radical (unpaired) electrons. The molecule has 0 aliphatic carbocycles. The summed E-state index contributed by atoms with van der Waals surface area (Å²) in [7, 11) is 0. The van der Waals surface area contributed by atoms with E-state index >= 15 is 0 Å². The molecule has 2 aromatic rings. The summed E-state index contributed by atoms with van der Waals surface area (Å²) in [5.74, 6) is -1.09. The van der Waals surface area contributed by atoms with Crippen LogP contribution in [0.25, 0.3) is 0 Å². The molecule has 33 heavy (non-hydrogen) atoms. The second-order valence-corrected chi connectivity index (χ2v) is 9.08. The topological polar surface area (TPSA) is 59.1 Å². The van der Waals surface area contributed by atoms with Gasteiger partial charge in [0.25, 0.3) is 5.91 Å². The van der Waals surface area contributed by atoms with Crippen LogP contribution in [0.4, 0.5) is 14.5 Å². The lowest BCUT2D eigenvalue weighted by molar-refractivity contribution is -0.144. The molecule has 3 aliphatic heterocycles. The van der Waals surface area contributed by atoms with Gasteiger partial charge in [-0.05, 0) is 49.6 Å². The summed E-state index contributed by atoms with van der Waals surface area (Å²) in [6, 6.07) is 12.2. The summed E-state index contributed by atoms with van der Waals surface area (Å²) in [6.07, 6.45) is 1.39. The van der Waals surface area contributed by atoms with Gasteiger partial charge in [-0.2, -0.15) is 0 Å². The van der Waals surface area contributed by atoms with Gasteiger partial charge in [-0.25, -0.2) is 8.78 Å². The summed E-state index contributed by atoms with van der Waals surface area (Å²) in [5.41, 5.74) is -0.677. The second-order valence-electron chi connectivity index (χ2n) is 9.08. The molecule has 0 bridgehead atoms. The predicted molar refractivity (Wildman–Crippen MR) is 117 cm³/mol. The Morgan fingerprint density at radius 2 is 1.67 bits per heavy atom.